The zero-order valence-corrected chi connectivity index (χ0v) is 15.9. The average Bonchev–Trinajstić information content (AvgIpc) is 3.13. The Morgan fingerprint density at radius 3 is 2.52 bits per heavy atom. The van der Waals surface area contributed by atoms with Crippen molar-refractivity contribution in [3.8, 4) is 0 Å². The van der Waals surface area contributed by atoms with Gasteiger partial charge in [0.05, 0.1) is 5.52 Å². The number of carbonyl (C=O) groups is 2. The lowest BCUT2D eigenvalue weighted by Crippen LogP contribution is -2.23. The predicted molar refractivity (Wildman–Crippen MR) is 112 cm³/mol. The summed E-state index contributed by atoms with van der Waals surface area (Å²) in [5.41, 5.74) is 3.59. The van der Waals surface area contributed by atoms with Gasteiger partial charge in [-0.1, -0.05) is 54.1 Å². The molecule has 6 heteroatoms. The molecule has 0 aliphatic heterocycles. The number of benzene rings is 2. The van der Waals surface area contributed by atoms with Gasteiger partial charge in [0, 0.05) is 18.4 Å². The van der Waals surface area contributed by atoms with E-state index in [1.54, 1.807) is 34.9 Å². The molecule has 0 radical (unpaired) electrons. The topological polar surface area (TPSA) is 75.5 Å². The molecule has 0 saturated carbocycles. The minimum atomic E-state index is -0.380. The second-order valence-electron chi connectivity index (χ2n) is 6.73. The molecule has 2 aromatic heterocycles. The van der Waals surface area contributed by atoms with Crippen LogP contribution in [0, 0.1) is 6.92 Å². The van der Waals surface area contributed by atoms with Crippen molar-refractivity contribution in [1.82, 2.24) is 14.7 Å². The standard InChI is InChI=1S/C23H20N4O2/c1-16-8-7-9-17(14-16)15-24-22(28)20-19-12-5-6-13-27(19)21(26-20)23(29)25-18-10-3-2-4-11-18/h2-14H,15H2,1H3,(H,24,28)(H,25,29). The number of carbonyl (C=O) groups excluding carboxylic acids is 2. The van der Waals surface area contributed by atoms with E-state index in [0.29, 0.717) is 17.7 Å². The molecular weight excluding hydrogens is 364 g/mol. The molecule has 6 nitrogen and oxygen atoms in total. The first kappa shape index (κ1) is 18.4. The summed E-state index contributed by atoms with van der Waals surface area (Å²) in [5, 5.41) is 5.70. The van der Waals surface area contributed by atoms with Crippen LogP contribution in [0.4, 0.5) is 5.69 Å². The Hall–Kier alpha value is -3.93. The smallest absolute Gasteiger partial charge is 0.292 e. The number of nitrogens with one attached hydrogen (secondary N) is 2. The van der Waals surface area contributed by atoms with Gasteiger partial charge in [-0.15, -0.1) is 0 Å². The highest BCUT2D eigenvalue weighted by Gasteiger charge is 2.21. The Labute approximate surface area is 168 Å². The molecule has 4 aromatic rings. The Bertz CT molecular complexity index is 1180. The molecule has 0 spiro atoms. The van der Waals surface area contributed by atoms with Crippen LogP contribution in [-0.2, 0) is 6.54 Å². The fraction of sp³-hybridized carbons (Fsp3) is 0.0870. The maximum absolute atomic E-state index is 12.8. The Kier molecular flexibility index (Phi) is 5.07. The first-order valence-corrected chi connectivity index (χ1v) is 9.29. The highest BCUT2D eigenvalue weighted by molar-refractivity contribution is 6.06. The van der Waals surface area contributed by atoms with E-state index in [-0.39, 0.29) is 23.3 Å². The molecule has 0 aliphatic rings. The number of aromatic nitrogens is 2. The van der Waals surface area contributed by atoms with Gasteiger partial charge < -0.3 is 10.6 Å². The molecule has 29 heavy (non-hydrogen) atoms. The lowest BCUT2D eigenvalue weighted by Gasteiger charge is -2.05. The molecule has 0 saturated heterocycles. The Morgan fingerprint density at radius 1 is 0.931 bits per heavy atom. The number of amides is 2. The van der Waals surface area contributed by atoms with E-state index in [1.165, 1.54) is 0 Å². The van der Waals surface area contributed by atoms with E-state index in [2.05, 4.69) is 15.6 Å². The maximum Gasteiger partial charge on any atom is 0.292 e. The SMILES string of the molecule is Cc1cccc(CNC(=O)c2nc(C(=O)Nc3ccccc3)n3ccccc23)c1. The molecule has 4 rings (SSSR count). The second kappa shape index (κ2) is 7.98. The molecule has 0 atom stereocenters. The number of aryl methyl sites for hydroxylation is 1. The van der Waals surface area contributed by atoms with Crippen molar-refractivity contribution in [1.29, 1.82) is 0 Å². The molecule has 0 unspecified atom stereocenters. The number of imidazole rings is 1. The number of pyridine rings is 1. The van der Waals surface area contributed by atoms with Crippen molar-refractivity contribution in [2.45, 2.75) is 13.5 Å². The Morgan fingerprint density at radius 2 is 1.72 bits per heavy atom. The Balaban J connectivity index is 1.60. The summed E-state index contributed by atoms with van der Waals surface area (Å²) in [6.45, 7) is 2.39. The monoisotopic (exact) mass is 384 g/mol. The predicted octanol–water partition coefficient (Wildman–Crippen LogP) is 3.83. The summed E-state index contributed by atoms with van der Waals surface area (Å²) >= 11 is 0. The third-order valence-corrected chi connectivity index (χ3v) is 4.53. The first-order chi connectivity index (χ1) is 14.1. The van der Waals surface area contributed by atoms with Crippen LogP contribution in [0.15, 0.2) is 79.0 Å². The zero-order chi connectivity index (χ0) is 20.2. The first-order valence-electron chi connectivity index (χ1n) is 9.29. The molecule has 2 aromatic carbocycles. The molecule has 2 N–H and O–H groups in total. The van der Waals surface area contributed by atoms with E-state index in [1.807, 2.05) is 55.5 Å². The average molecular weight is 384 g/mol. The van der Waals surface area contributed by atoms with Crippen LogP contribution in [-0.4, -0.2) is 21.2 Å². The van der Waals surface area contributed by atoms with Crippen molar-refractivity contribution >= 4 is 23.0 Å². The van der Waals surface area contributed by atoms with Crippen molar-refractivity contribution in [3.63, 3.8) is 0 Å². The van der Waals surface area contributed by atoms with E-state index >= 15 is 0 Å². The van der Waals surface area contributed by atoms with Gasteiger partial charge in [0.15, 0.2) is 5.69 Å². The minimum Gasteiger partial charge on any atom is -0.347 e. The third-order valence-electron chi connectivity index (χ3n) is 4.53. The van der Waals surface area contributed by atoms with Gasteiger partial charge >= 0.3 is 0 Å². The fourth-order valence-corrected chi connectivity index (χ4v) is 3.16. The number of hydrogen-bond donors (Lipinski definition) is 2. The van der Waals surface area contributed by atoms with Gasteiger partial charge in [0.25, 0.3) is 11.8 Å². The van der Waals surface area contributed by atoms with Crippen LogP contribution in [0.5, 0.6) is 0 Å². The van der Waals surface area contributed by atoms with E-state index < -0.39 is 0 Å². The van der Waals surface area contributed by atoms with Gasteiger partial charge in [-0.05, 0) is 36.8 Å². The van der Waals surface area contributed by atoms with Crippen LogP contribution in [0.3, 0.4) is 0 Å². The van der Waals surface area contributed by atoms with Crippen LogP contribution in [0.1, 0.15) is 32.2 Å². The summed E-state index contributed by atoms with van der Waals surface area (Å²) in [6, 6.07) is 22.4. The summed E-state index contributed by atoms with van der Waals surface area (Å²) in [5.74, 6) is -0.547. The number of rotatable bonds is 5. The number of fused-ring (bicyclic) bond motifs is 1. The van der Waals surface area contributed by atoms with Crippen LogP contribution < -0.4 is 10.6 Å². The lowest BCUT2D eigenvalue weighted by atomic mass is 10.1. The van der Waals surface area contributed by atoms with E-state index in [0.717, 1.165) is 11.1 Å². The number of hydrogen-bond acceptors (Lipinski definition) is 3. The van der Waals surface area contributed by atoms with Crippen molar-refractivity contribution in [2.24, 2.45) is 0 Å². The van der Waals surface area contributed by atoms with Crippen molar-refractivity contribution < 1.29 is 9.59 Å². The maximum atomic E-state index is 12.8. The van der Waals surface area contributed by atoms with Gasteiger partial charge in [-0.2, -0.15) is 0 Å². The largest absolute Gasteiger partial charge is 0.347 e. The molecule has 0 aliphatic carbocycles. The molecular formula is C23H20N4O2. The molecule has 2 heterocycles. The van der Waals surface area contributed by atoms with Crippen molar-refractivity contribution in [2.75, 3.05) is 5.32 Å². The second-order valence-corrected chi connectivity index (χ2v) is 6.73. The normalized spacial score (nSPS) is 10.7. The lowest BCUT2D eigenvalue weighted by molar-refractivity contribution is 0.0948. The number of anilines is 1. The van der Waals surface area contributed by atoms with Gasteiger partial charge in [0.2, 0.25) is 5.82 Å². The van der Waals surface area contributed by atoms with E-state index in [4.69, 9.17) is 0 Å². The van der Waals surface area contributed by atoms with E-state index in [9.17, 15) is 9.59 Å². The fourth-order valence-electron chi connectivity index (χ4n) is 3.16. The summed E-state index contributed by atoms with van der Waals surface area (Å²) in [7, 11) is 0. The molecule has 144 valence electrons. The minimum absolute atomic E-state index is 0.158. The molecule has 0 bridgehead atoms. The highest BCUT2D eigenvalue weighted by Crippen LogP contribution is 2.15. The highest BCUT2D eigenvalue weighted by atomic mass is 16.2. The van der Waals surface area contributed by atoms with Crippen LogP contribution >= 0.6 is 0 Å². The summed E-state index contributed by atoms with van der Waals surface area (Å²) < 4.78 is 1.62. The van der Waals surface area contributed by atoms with Gasteiger partial charge in [0.1, 0.15) is 0 Å². The van der Waals surface area contributed by atoms with Crippen LogP contribution in [0.25, 0.3) is 5.52 Å². The van der Waals surface area contributed by atoms with Crippen LogP contribution in [0.2, 0.25) is 0 Å². The summed E-state index contributed by atoms with van der Waals surface area (Å²) in [4.78, 5) is 29.9. The quantitative estimate of drug-likeness (QED) is 0.549. The number of nitrogens with zero attached hydrogens (tertiary/aromatic N) is 2. The summed E-state index contributed by atoms with van der Waals surface area (Å²) in [6.07, 6.45) is 1.72. The van der Waals surface area contributed by atoms with Gasteiger partial charge in [-0.25, -0.2) is 4.98 Å². The molecule has 0 fully saturated rings. The number of para-hydroxylation sites is 1. The van der Waals surface area contributed by atoms with Gasteiger partial charge in [-0.3, -0.25) is 14.0 Å². The molecule has 2 amide bonds. The van der Waals surface area contributed by atoms with Crippen molar-refractivity contribution in [3.05, 3.63) is 102 Å². The third kappa shape index (κ3) is 4.01. The zero-order valence-electron chi connectivity index (χ0n) is 15.9.